The quantitative estimate of drug-likeness (QED) is 0.0976. The third-order valence-corrected chi connectivity index (χ3v) is 8.05. The SMILES string of the molecule is CCCOc1ccc(N2C(=O)NC(=O)/C(=C/c3cc(Br)c(OCc4ccc(OCc5ccccc5)c(OCC)c4)c(OC)c3)C2=O)cc1OC. The standard InChI is InChI=1S/C38H37BrN2O9/c1-5-16-48-30-15-13-27(21-32(30)45-3)41-37(43)28(36(42)40-38(41)44)17-26-18-29(39)35(34(20-26)46-4)50-23-25-12-14-31(33(19-25)47-6-2)49-22-24-10-8-7-9-11-24/h7-15,17-21H,5-6,16,22-23H2,1-4H3,(H,40,42,44)/b28-17-. The van der Waals surface area contributed by atoms with Crippen molar-refractivity contribution in [1.82, 2.24) is 5.32 Å². The average molecular weight is 746 g/mol. The molecular weight excluding hydrogens is 708 g/mol. The lowest BCUT2D eigenvalue weighted by molar-refractivity contribution is -0.122. The van der Waals surface area contributed by atoms with Crippen molar-refractivity contribution in [3.05, 3.63) is 106 Å². The van der Waals surface area contributed by atoms with E-state index in [2.05, 4.69) is 21.2 Å². The van der Waals surface area contributed by atoms with Gasteiger partial charge in [-0.1, -0.05) is 43.3 Å². The Morgan fingerprint density at radius 3 is 2.16 bits per heavy atom. The second-order valence-corrected chi connectivity index (χ2v) is 11.8. The molecule has 0 unspecified atom stereocenters. The lowest BCUT2D eigenvalue weighted by Gasteiger charge is -2.27. The first kappa shape index (κ1) is 35.8. The number of ether oxygens (including phenoxy) is 6. The Labute approximate surface area is 298 Å². The molecule has 1 fully saturated rings. The van der Waals surface area contributed by atoms with E-state index < -0.39 is 17.8 Å². The minimum atomic E-state index is -0.882. The van der Waals surface area contributed by atoms with Crippen LogP contribution in [0.25, 0.3) is 6.08 Å². The van der Waals surface area contributed by atoms with Gasteiger partial charge in [0.15, 0.2) is 34.5 Å². The number of hydrogen-bond acceptors (Lipinski definition) is 9. The lowest BCUT2D eigenvalue weighted by Crippen LogP contribution is -2.54. The number of anilines is 1. The van der Waals surface area contributed by atoms with E-state index in [0.29, 0.717) is 64.4 Å². The number of nitrogens with zero attached hydrogens (tertiary/aromatic N) is 1. The van der Waals surface area contributed by atoms with Crippen molar-refractivity contribution >= 4 is 45.5 Å². The Kier molecular flexibility index (Phi) is 12.0. The van der Waals surface area contributed by atoms with Crippen molar-refractivity contribution in [3.8, 4) is 34.5 Å². The summed E-state index contributed by atoms with van der Waals surface area (Å²) in [4.78, 5) is 40.2. The van der Waals surface area contributed by atoms with Crippen LogP contribution in [-0.2, 0) is 22.8 Å². The largest absolute Gasteiger partial charge is 0.493 e. The number of nitrogens with one attached hydrogen (secondary N) is 1. The van der Waals surface area contributed by atoms with Gasteiger partial charge in [-0.25, -0.2) is 9.69 Å². The van der Waals surface area contributed by atoms with Gasteiger partial charge in [0.2, 0.25) is 0 Å². The number of imide groups is 2. The van der Waals surface area contributed by atoms with E-state index in [1.165, 1.54) is 26.4 Å². The van der Waals surface area contributed by atoms with Crippen LogP contribution in [0.5, 0.6) is 34.5 Å². The van der Waals surface area contributed by atoms with Crippen LogP contribution in [0.2, 0.25) is 0 Å². The molecule has 4 aromatic carbocycles. The number of rotatable bonds is 15. The monoisotopic (exact) mass is 744 g/mol. The van der Waals surface area contributed by atoms with Gasteiger partial charge in [0, 0.05) is 6.07 Å². The normalized spacial score (nSPS) is 13.6. The summed E-state index contributed by atoms with van der Waals surface area (Å²) in [5, 5.41) is 2.24. The van der Waals surface area contributed by atoms with Gasteiger partial charge in [0.05, 0.1) is 37.6 Å². The van der Waals surface area contributed by atoms with E-state index in [0.717, 1.165) is 22.4 Å². The predicted octanol–water partition coefficient (Wildman–Crippen LogP) is 7.48. The molecule has 0 bridgehead atoms. The number of benzene rings is 4. The average Bonchev–Trinajstić information content (AvgIpc) is 3.12. The molecule has 0 saturated carbocycles. The molecule has 1 N–H and O–H groups in total. The number of carbonyl (C=O) groups is 3. The van der Waals surface area contributed by atoms with E-state index in [1.807, 2.05) is 62.4 Å². The number of hydrogen-bond donors (Lipinski definition) is 1. The molecule has 50 heavy (non-hydrogen) atoms. The zero-order chi connectivity index (χ0) is 35.6. The van der Waals surface area contributed by atoms with Gasteiger partial charge >= 0.3 is 6.03 Å². The molecule has 0 atom stereocenters. The first-order valence-corrected chi connectivity index (χ1v) is 16.7. The topological polar surface area (TPSA) is 122 Å². The molecule has 12 heteroatoms. The Hall–Kier alpha value is -5.49. The molecule has 1 aliphatic heterocycles. The molecule has 1 saturated heterocycles. The molecule has 5 rings (SSSR count). The van der Waals surface area contributed by atoms with Gasteiger partial charge in [-0.05, 0) is 88.4 Å². The minimum absolute atomic E-state index is 0.179. The number of carbonyl (C=O) groups excluding carboxylic acids is 3. The van der Waals surface area contributed by atoms with Crippen molar-refractivity contribution in [2.24, 2.45) is 0 Å². The first-order valence-electron chi connectivity index (χ1n) is 15.9. The first-order chi connectivity index (χ1) is 24.3. The maximum absolute atomic E-state index is 13.6. The maximum atomic E-state index is 13.6. The van der Waals surface area contributed by atoms with Gasteiger partial charge in [-0.3, -0.25) is 14.9 Å². The summed E-state index contributed by atoms with van der Waals surface area (Å²) in [5.74, 6) is 1.14. The van der Waals surface area contributed by atoms with Crippen molar-refractivity contribution in [2.75, 3.05) is 32.3 Å². The Morgan fingerprint density at radius 1 is 0.720 bits per heavy atom. The van der Waals surface area contributed by atoms with Gasteiger partial charge in [-0.15, -0.1) is 0 Å². The molecule has 0 aromatic heterocycles. The zero-order valence-corrected chi connectivity index (χ0v) is 29.7. The van der Waals surface area contributed by atoms with E-state index in [9.17, 15) is 14.4 Å². The minimum Gasteiger partial charge on any atom is -0.493 e. The second kappa shape index (κ2) is 16.8. The summed E-state index contributed by atoms with van der Waals surface area (Å²) in [5.41, 5.74) is 2.28. The van der Waals surface area contributed by atoms with Crippen LogP contribution in [0.1, 0.15) is 37.0 Å². The Bertz CT molecular complexity index is 1900. The Morgan fingerprint density at radius 2 is 1.44 bits per heavy atom. The molecule has 1 aliphatic rings. The fourth-order valence-corrected chi connectivity index (χ4v) is 5.64. The molecule has 0 aliphatic carbocycles. The molecular formula is C38H37BrN2O9. The number of methoxy groups -OCH3 is 2. The van der Waals surface area contributed by atoms with Crippen molar-refractivity contribution in [2.45, 2.75) is 33.5 Å². The van der Waals surface area contributed by atoms with Crippen LogP contribution in [-0.4, -0.2) is 45.3 Å². The van der Waals surface area contributed by atoms with E-state index in [1.54, 1.807) is 24.3 Å². The molecule has 0 spiro atoms. The van der Waals surface area contributed by atoms with Crippen LogP contribution in [0.15, 0.2) is 88.9 Å². The third-order valence-electron chi connectivity index (χ3n) is 7.46. The molecule has 11 nitrogen and oxygen atoms in total. The fourth-order valence-electron chi connectivity index (χ4n) is 5.07. The second-order valence-electron chi connectivity index (χ2n) is 11.0. The van der Waals surface area contributed by atoms with E-state index in [4.69, 9.17) is 28.4 Å². The van der Waals surface area contributed by atoms with Crippen molar-refractivity contribution in [1.29, 1.82) is 0 Å². The molecule has 4 aromatic rings. The molecule has 0 radical (unpaired) electrons. The highest BCUT2D eigenvalue weighted by Gasteiger charge is 2.37. The smallest absolute Gasteiger partial charge is 0.335 e. The number of halogens is 1. The van der Waals surface area contributed by atoms with Crippen LogP contribution < -0.4 is 38.6 Å². The number of barbiturate groups is 1. The number of amides is 4. The predicted molar refractivity (Wildman–Crippen MR) is 191 cm³/mol. The number of urea groups is 1. The van der Waals surface area contributed by atoms with Gasteiger partial charge in [-0.2, -0.15) is 0 Å². The van der Waals surface area contributed by atoms with E-state index in [-0.39, 0.29) is 17.9 Å². The van der Waals surface area contributed by atoms with Crippen molar-refractivity contribution in [3.63, 3.8) is 0 Å². The van der Waals surface area contributed by atoms with Crippen LogP contribution in [0.3, 0.4) is 0 Å². The maximum Gasteiger partial charge on any atom is 0.335 e. The summed E-state index contributed by atoms with van der Waals surface area (Å²) in [6, 6.07) is 22.6. The summed E-state index contributed by atoms with van der Waals surface area (Å²) in [7, 11) is 2.94. The summed E-state index contributed by atoms with van der Waals surface area (Å²) in [6.07, 6.45) is 2.17. The third kappa shape index (κ3) is 8.38. The highest BCUT2D eigenvalue weighted by molar-refractivity contribution is 9.10. The lowest BCUT2D eigenvalue weighted by atomic mass is 10.1. The van der Waals surface area contributed by atoms with Crippen LogP contribution >= 0.6 is 15.9 Å². The summed E-state index contributed by atoms with van der Waals surface area (Å²) >= 11 is 3.54. The van der Waals surface area contributed by atoms with Crippen molar-refractivity contribution < 1.29 is 42.8 Å². The van der Waals surface area contributed by atoms with Gasteiger partial charge in [0.25, 0.3) is 11.8 Å². The molecule has 1 heterocycles. The highest BCUT2D eigenvalue weighted by Crippen LogP contribution is 2.39. The van der Waals surface area contributed by atoms with Gasteiger partial charge in [0.1, 0.15) is 18.8 Å². The van der Waals surface area contributed by atoms with Crippen LogP contribution in [0, 0.1) is 0 Å². The highest BCUT2D eigenvalue weighted by atomic mass is 79.9. The fraction of sp³-hybridized carbons (Fsp3) is 0.237. The molecule has 260 valence electrons. The van der Waals surface area contributed by atoms with Gasteiger partial charge < -0.3 is 28.4 Å². The Balaban J connectivity index is 1.34. The molecule has 4 amide bonds. The van der Waals surface area contributed by atoms with Crippen LogP contribution in [0.4, 0.5) is 10.5 Å². The summed E-state index contributed by atoms with van der Waals surface area (Å²) in [6.45, 7) is 5.39. The summed E-state index contributed by atoms with van der Waals surface area (Å²) < 4.78 is 35.3. The van der Waals surface area contributed by atoms with E-state index >= 15 is 0 Å². The zero-order valence-electron chi connectivity index (χ0n) is 28.1.